The molecule has 0 fully saturated rings. The molecule has 0 saturated carbocycles. The summed E-state index contributed by atoms with van der Waals surface area (Å²) >= 11 is 0. The van der Waals surface area contributed by atoms with Crippen LogP contribution in [-0.2, 0) is 0 Å². The van der Waals surface area contributed by atoms with Crippen molar-refractivity contribution in [2.24, 2.45) is 10.9 Å². The molecule has 100 valence electrons. The monoisotopic (exact) mass is 259 g/mol. The molecule has 0 bridgehead atoms. The molecule has 0 N–H and O–H groups in total. The Bertz CT molecular complexity index is 407. The molecule has 0 aliphatic heterocycles. The minimum atomic E-state index is -4.44. The highest BCUT2D eigenvalue weighted by molar-refractivity contribution is 6.04. The van der Waals surface area contributed by atoms with Crippen molar-refractivity contribution in [3.05, 3.63) is 29.8 Å². The number of nitrogens with zero attached hydrogens (tertiary/aromatic N) is 1. The average molecular weight is 259 g/mol. The van der Waals surface area contributed by atoms with Crippen molar-refractivity contribution in [3.63, 3.8) is 0 Å². The van der Waals surface area contributed by atoms with Crippen LogP contribution in [0.2, 0.25) is 0 Å². The highest BCUT2D eigenvalue weighted by Gasteiger charge is 2.36. The van der Waals surface area contributed by atoms with E-state index in [-0.39, 0.29) is 18.0 Å². The van der Waals surface area contributed by atoms with E-state index in [2.05, 4.69) is 4.99 Å². The molecule has 1 aromatic rings. The van der Waals surface area contributed by atoms with Crippen molar-refractivity contribution >= 4 is 5.71 Å². The lowest BCUT2D eigenvalue weighted by molar-refractivity contribution is -0.0582. The first-order valence-corrected chi connectivity index (χ1v) is 5.60. The fourth-order valence-electron chi connectivity index (χ4n) is 1.37. The van der Waals surface area contributed by atoms with E-state index in [0.717, 1.165) is 0 Å². The normalized spacial score (nSPS) is 12.9. The molecule has 0 atom stereocenters. The van der Waals surface area contributed by atoms with Gasteiger partial charge in [0.05, 0.1) is 7.11 Å². The molecule has 0 saturated heterocycles. The third kappa shape index (κ3) is 4.05. The van der Waals surface area contributed by atoms with E-state index in [1.165, 1.54) is 31.4 Å². The second-order valence-corrected chi connectivity index (χ2v) is 4.31. The van der Waals surface area contributed by atoms with Gasteiger partial charge in [0, 0.05) is 12.1 Å². The zero-order valence-corrected chi connectivity index (χ0v) is 10.6. The van der Waals surface area contributed by atoms with Crippen LogP contribution in [0.4, 0.5) is 13.2 Å². The van der Waals surface area contributed by atoms with Crippen LogP contribution in [0.25, 0.3) is 0 Å². The second kappa shape index (κ2) is 5.89. The van der Waals surface area contributed by atoms with Gasteiger partial charge < -0.3 is 4.74 Å². The highest BCUT2D eigenvalue weighted by Crippen LogP contribution is 2.24. The minimum Gasteiger partial charge on any atom is -0.497 e. The Labute approximate surface area is 104 Å². The van der Waals surface area contributed by atoms with Crippen molar-refractivity contribution in [2.75, 3.05) is 13.7 Å². The molecule has 0 aromatic heterocycles. The molecule has 5 heteroatoms. The number of hydrogen-bond acceptors (Lipinski definition) is 2. The fraction of sp³-hybridized carbons (Fsp3) is 0.462. The molecular weight excluding hydrogens is 243 g/mol. The van der Waals surface area contributed by atoms with Crippen molar-refractivity contribution in [3.8, 4) is 5.75 Å². The maximum absolute atomic E-state index is 12.9. The van der Waals surface area contributed by atoms with Crippen LogP contribution >= 0.6 is 0 Å². The Kier molecular flexibility index (Phi) is 4.76. The summed E-state index contributed by atoms with van der Waals surface area (Å²) in [6.45, 7) is 3.80. The summed E-state index contributed by atoms with van der Waals surface area (Å²) < 4.78 is 43.5. The molecular formula is C13H16F3NO. The van der Waals surface area contributed by atoms with Gasteiger partial charge in [-0.05, 0) is 30.2 Å². The molecule has 0 spiro atoms. The highest BCUT2D eigenvalue weighted by atomic mass is 19.4. The first-order chi connectivity index (χ1) is 8.34. The maximum Gasteiger partial charge on any atom is 0.433 e. The largest absolute Gasteiger partial charge is 0.497 e. The van der Waals surface area contributed by atoms with Crippen molar-refractivity contribution < 1.29 is 17.9 Å². The fourth-order valence-corrected chi connectivity index (χ4v) is 1.37. The maximum atomic E-state index is 12.9. The van der Waals surface area contributed by atoms with Gasteiger partial charge in [0.25, 0.3) is 0 Å². The van der Waals surface area contributed by atoms with Crippen molar-refractivity contribution in [1.29, 1.82) is 0 Å². The summed E-state index contributed by atoms with van der Waals surface area (Å²) in [5.41, 5.74) is -0.775. The van der Waals surface area contributed by atoms with Crippen LogP contribution in [0.5, 0.6) is 5.75 Å². The zero-order valence-electron chi connectivity index (χ0n) is 10.6. The molecule has 0 aliphatic carbocycles. The molecule has 1 aromatic carbocycles. The van der Waals surface area contributed by atoms with Gasteiger partial charge in [-0.3, -0.25) is 4.99 Å². The van der Waals surface area contributed by atoms with Gasteiger partial charge in [0.1, 0.15) is 11.5 Å². The molecule has 0 unspecified atom stereocenters. The topological polar surface area (TPSA) is 21.6 Å². The predicted octanol–water partition coefficient (Wildman–Crippen LogP) is 3.70. The molecule has 0 radical (unpaired) electrons. The minimum absolute atomic E-state index is 0.0592. The lowest BCUT2D eigenvalue weighted by Crippen LogP contribution is -2.25. The number of alkyl halides is 3. The van der Waals surface area contributed by atoms with Crippen LogP contribution in [-0.4, -0.2) is 25.5 Å². The Morgan fingerprint density at radius 3 is 2.17 bits per heavy atom. The zero-order chi connectivity index (χ0) is 13.8. The van der Waals surface area contributed by atoms with E-state index in [0.29, 0.717) is 5.75 Å². The lowest BCUT2D eigenvalue weighted by atomic mass is 10.1. The van der Waals surface area contributed by atoms with Gasteiger partial charge in [-0.15, -0.1) is 0 Å². The smallest absolute Gasteiger partial charge is 0.433 e. The van der Waals surface area contributed by atoms with Gasteiger partial charge in [-0.1, -0.05) is 13.8 Å². The number of benzene rings is 1. The van der Waals surface area contributed by atoms with Gasteiger partial charge in [0.15, 0.2) is 0 Å². The summed E-state index contributed by atoms with van der Waals surface area (Å²) in [6, 6.07) is 5.72. The van der Waals surface area contributed by atoms with Gasteiger partial charge in [-0.25, -0.2) is 0 Å². The van der Waals surface area contributed by atoms with E-state index in [4.69, 9.17) is 4.74 Å². The number of ether oxygens (including phenoxy) is 1. The Morgan fingerprint density at radius 1 is 1.22 bits per heavy atom. The Balaban J connectivity index is 3.06. The van der Waals surface area contributed by atoms with E-state index in [1.807, 2.05) is 13.8 Å². The first kappa shape index (κ1) is 14.5. The summed E-state index contributed by atoms with van der Waals surface area (Å²) in [4.78, 5) is 3.67. The molecule has 0 aliphatic rings. The molecule has 0 amide bonds. The third-order valence-electron chi connectivity index (χ3n) is 2.25. The molecule has 1 rings (SSSR count). The molecule has 2 nitrogen and oxygen atoms in total. The van der Waals surface area contributed by atoms with E-state index >= 15 is 0 Å². The van der Waals surface area contributed by atoms with E-state index in [9.17, 15) is 13.2 Å². The van der Waals surface area contributed by atoms with Crippen molar-refractivity contribution in [1.82, 2.24) is 0 Å². The summed E-state index contributed by atoms with van der Waals surface area (Å²) in [5.74, 6) is 0.602. The average Bonchev–Trinajstić information content (AvgIpc) is 2.28. The Hall–Kier alpha value is -1.52. The second-order valence-electron chi connectivity index (χ2n) is 4.31. The summed E-state index contributed by atoms with van der Waals surface area (Å²) in [5, 5.41) is 0. The van der Waals surface area contributed by atoms with Gasteiger partial charge in [0.2, 0.25) is 0 Å². The SMILES string of the molecule is COc1ccc(/C(=N/CC(C)C)C(F)(F)F)cc1. The number of hydrogen-bond donors (Lipinski definition) is 0. The van der Waals surface area contributed by atoms with Crippen molar-refractivity contribution in [2.45, 2.75) is 20.0 Å². The predicted molar refractivity (Wildman–Crippen MR) is 65.3 cm³/mol. The van der Waals surface area contributed by atoms with Crippen LogP contribution < -0.4 is 4.74 Å². The van der Waals surface area contributed by atoms with Crippen LogP contribution in [0.1, 0.15) is 19.4 Å². The van der Waals surface area contributed by atoms with Gasteiger partial charge in [-0.2, -0.15) is 13.2 Å². The lowest BCUT2D eigenvalue weighted by Gasteiger charge is -2.12. The van der Waals surface area contributed by atoms with E-state index < -0.39 is 11.9 Å². The summed E-state index contributed by atoms with van der Waals surface area (Å²) in [7, 11) is 1.46. The number of rotatable bonds is 4. The molecule has 18 heavy (non-hydrogen) atoms. The van der Waals surface area contributed by atoms with E-state index in [1.54, 1.807) is 0 Å². The van der Waals surface area contributed by atoms with Crippen LogP contribution in [0, 0.1) is 5.92 Å². The quantitative estimate of drug-likeness (QED) is 0.755. The first-order valence-electron chi connectivity index (χ1n) is 5.60. The third-order valence-corrected chi connectivity index (χ3v) is 2.25. The van der Waals surface area contributed by atoms with Crippen LogP contribution in [0.15, 0.2) is 29.3 Å². The van der Waals surface area contributed by atoms with Crippen LogP contribution in [0.3, 0.4) is 0 Å². The molecule has 0 heterocycles. The number of methoxy groups -OCH3 is 1. The summed E-state index contributed by atoms with van der Waals surface area (Å²) in [6.07, 6.45) is -4.44. The Morgan fingerprint density at radius 2 is 1.78 bits per heavy atom. The number of halogens is 3. The van der Waals surface area contributed by atoms with Gasteiger partial charge >= 0.3 is 6.18 Å². The standard InChI is InChI=1S/C13H16F3NO/c1-9(2)8-17-12(13(14,15)16)10-4-6-11(18-3)7-5-10/h4-7,9H,8H2,1-3H3/b17-12-. The number of aliphatic imine (C=N–C) groups is 1.